The summed E-state index contributed by atoms with van der Waals surface area (Å²) in [7, 11) is 2.14. The standard InChI is InChI=1S/C13H19ClN2/c1-10-11(4-3-5-12(10)14)13(15)6-8-16(2)9-7-13/h3-5H,6-9,15H2,1-2H3. The van der Waals surface area contributed by atoms with Gasteiger partial charge in [-0.05, 0) is 57.1 Å². The minimum absolute atomic E-state index is 0.193. The quantitative estimate of drug-likeness (QED) is 0.815. The number of likely N-dealkylation sites (tertiary alicyclic amines) is 1. The van der Waals surface area contributed by atoms with Crippen LogP contribution in [0.3, 0.4) is 0 Å². The summed E-state index contributed by atoms with van der Waals surface area (Å²) in [6.07, 6.45) is 2.01. The second-order valence-electron chi connectivity index (χ2n) is 4.87. The molecule has 88 valence electrons. The summed E-state index contributed by atoms with van der Waals surface area (Å²) >= 11 is 6.16. The van der Waals surface area contributed by atoms with E-state index in [-0.39, 0.29) is 5.54 Å². The maximum Gasteiger partial charge on any atom is 0.0438 e. The first-order valence-corrected chi connectivity index (χ1v) is 6.14. The molecule has 3 heteroatoms. The number of nitrogens with zero attached hydrogens (tertiary/aromatic N) is 1. The number of piperidine rings is 1. The molecule has 0 radical (unpaired) electrons. The normalized spacial score (nSPS) is 21.0. The molecule has 0 spiro atoms. The van der Waals surface area contributed by atoms with Gasteiger partial charge in [0.1, 0.15) is 0 Å². The predicted octanol–water partition coefficient (Wildman–Crippen LogP) is 2.53. The first-order chi connectivity index (χ1) is 7.53. The zero-order valence-electron chi connectivity index (χ0n) is 9.96. The Hall–Kier alpha value is -0.570. The van der Waals surface area contributed by atoms with Crippen molar-refractivity contribution in [1.82, 2.24) is 4.90 Å². The molecule has 0 atom stereocenters. The molecule has 0 unspecified atom stereocenters. The van der Waals surface area contributed by atoms with Crippen molar-refractivity contribution in [1.29, 1.82) is 0 Å². The molecule has 1 heterocycles. The molecule has 1 aromatic rings. The SMILES string of the molecule is Cc1c(Cl)cccc1C1(N)CCN(C)CC1. The summed E-state index contributed by atoms with van der Waals surface area (Å²) in [6, 6.07) is 6.04. The zero-order chi connectivity index (χ0) is 11.8. The lowest BCUT2D eigenvalue weighted by Crippen LogP contribution is -2.47. The minimum atomic E-state index is -0.193. The van der Waals surface area contributed by atoms with Crippen molar-refractivity contribution in [2.45, 2.75) is 25.3 Å². The molecule has 2 N–H and O–H groups in total. The van der Waals surface area contributed by atoms with Crippen LogP contribution in [-0.2, 0) is 5.54 Å². The second kappa shape index (κ2) is 4.36. The van der Waals surface area contributed by atoms with Crippen molar-refractivity contribution in [3.05, 3.63) is 34.3 Å². The van der Waals surface area contributed by atoms with Gasteiger partial charge in [0.2, 0.25) is 0 Å². The Labute approximate surface area is 102 Å². The lowest BCUT2D eigenvalue weighted by Gasteiger charge is -2.39. The number of benzene rings is 1. The van der Waals surface area contributed by atoms with Crippen LogP contribution in [0.2, 0.25) is 5.02 Å². The van der Waals surface area contributed by atoms with Crippen LogP contribution in [0.15, 0.2) is 18.2 Å². The van der Waals surface area contributed by atoms with E-state index in [9.17, 15) is 0 Å². The highest BCUT2D eigenvalue weighted by Crippen LogP contribution is 2.34. The Morgan fingerprint density at radius 2 is 1.94 bits per heavy atom. The van der Waals surface area contributed by atoms with Gasteiger partial charge in [0, 0.05) is 10.6 Å². The third-order valence-corrected chi connectivity index (χ3v) is 4.09. The van der Waals surface area contributed by atoms with Crippen LogP contribution in [0.5, 0.6) is 0 Å². The first-order valence-electron chi connectivity index (χ1n) is 5.76. The molecule has 1 fully saturated rings. The summed E-state index contributed by atoms with van der Waals surface area (Å²) in [6.45, 7) is 4.18. The molecule has 1 aromatic carbocycles. The number of halogens is 1. The van der Waals surface area contributed by atoms with Crippen molar-refractivity contribution >= 4 is 11.6 Å². The second-order valence-corrected chi connectivity index (χ2v) is 5.28. The molecule has 0 bridgehead atoms. The molecule has 0 saturated carbocycles. The van der Waals surface area contributed by atoms with Crippen LogP contribution < -0.4 is 5.73 Å². The fourth-order valence-electron chi connectivity index (χ4n) is 2.43. The van der Waals surface area contributed by atoms with E-state index >= 15 is 0 Å². The van der Waals surface area contributed by atoms with Gasteiger partial charge >= 0.3 is 0 Å². The van der Waals surface area contributed by atoms with E-state index in [4.69, 9.17) is 17.3 Å². The van der Waals surface area contributed by atoms with Gasteiger partial charge in [-0.1, -0.05) is 23.7 Å². The molecule has 2 rings (SSSR count). The Morgan fingerprint density at radius 1 is 1.31 bits per heavy atom. The third kappa shape index (κ3) is 2.10. The van der Waals surface area contributed by atoms with E-state index in [1.165, 1.54) is 5.56 Å². The molecule has 0 aromatic heterocycles. The topological polar surface area (TPSA) is 29.3 Å². The van der Waals surface area contributed by atoms with E-state index in [0.717, 1.165) is 36.5 Å². The van der Waals surface area contributed by atoms with Gasteiger partial charge in [0.05, 0.1) is 0 Å². The molecular weight excluding hydrogens is 220 g/mol. The number of hydrogen-bond acceptors (Lipinski definition) is 2. The highest BCUT2D eigenvalue weighted by atomic mass is 35.5. The highest BCUT2D eigenvalue weighted by molar-refractivity contribution is 6.31. The molecule has 2 nitrogen and oxygen atoms in total. The Morgan fingerprint density at radius 3 is 2.56 bits per heavy atom. The van der Waals surface area contributed by atoms with Gasteiger partial charge in [0.25, 0.3) is 0 Å². The van der Waals surface area contributed by atoms with Crippen LogP contribution >= 0.6 is 11.6 Å². The molecule has 0 amide bonds. The Balaban J connectivity index is 2.32. The van der Waals surface area contributed by atoms with Crippen LogP contribution in [0.25, 0.3) is 0 Å². The smallest absolute Gasteiger partial charge is 0.0438 e. The zero-order valence-corrected chi connectivity index (χ0v) is 10.7. The summed E-state index contributed by atoms with van der Waals surface area (Å²) in [5.41, 5.74) is 8.69. The Kier molecular flexibility index (Phi) is 3.24. The predicted molar refractivity (Wildman–Crippen MR) is 68.8 cm³/mol. The van der Waals surface area contributed by atoms with Crippen molar-refractivity contribution in [2.24, 2.45) is 5.73 Å². The van der Waals surface area contributed by atoms with Crippen LogP contribution in [0.4, 0.5) is 0 Å². The third-order valence-electron chi connectivity index (χ3n) is 3.68. The van der Waals surface area contributed by atoms with Gasteiger partial charge in [0.15, 0.2) is 0 Å². The van der Waals surface area contributed by atoms with Crippen LogP contribution in [0, 0.1) is 6.92 Å². The van der Waals surface area contributed by atoms with Gasteiger partial charge in [-0.3, -0.25) is 0 Å². The van der Waals surface area contributed by atoms with Gasteiger partial charge < -0.3 is 10.6 Å². The van der Waals surface area contributed by atoms with Gasteiger partial charge in [-0.2, -0.15) is 0 Å². The van der Waals surface area contributed by atoms with Crippen molar-refractivity contribution in [2.75, 3.05) is 20.1 Å². The maximum absolute atomic E-state index is 6.53. The van der Waals surface area contributed by atoms with Crippen molar-refractivity contribution < 1.29 is 0 Å². The average molecular weight is 239 g/mol. The van der Waals surface area contributed by atoms with Gasteiger partial charge in [-0.15, -0.1) is 0 Å². The number of nitrogens with two attached hydrogens (primary N) is 1. The molecule has 1 saturated heterocycles. The molecule has 0 aliphatic carbocycles. The molecule has 16 heavy (non-hydrogen) atoms. The molecule has 1 aliphatic rings. The lowest BCUT2D eigenvalue weighted by atomic mass is 9.80. The van der Waals surface area contributed by atoms with Crippen molar-refractivity contribution in [3.8, 4) is 0 Å². The number of rotatable bonds is 1. The van der Waals surface area contributed by atoms with E-state index in [1.807, 2.05) is 12.1 Å². The van der Waals surface area contributed by atoms with Crippen LogP contribution in [-0.4, -0.2) is 25.0 Å². The summed E-state index contributed by atoms with van der Waals surface area (Å²) in [5, 5.41) is 0.821. The van der Waals surface area contributed by atoms with E-state index in [1.54, 1.807) is 0 Å². The van der Waals surface area contributed by atoms with Crippen molar-refractivity contribution in [3.63, 3.8) is 0 Å². The largest absolute Gasteiger partial charge is 0.321 e. The maximum atomic E-state index is 6.53. The summed E-state index contributed by atoms with van der Waals surface area (Å²) < 4.78 is 0. The first kappa shape index (κ1) is 11.9. The fraction of sp³-hybridized carbons (Fsp3) is 0.538. The molecule has 1 aliphatic heterocycles. The minimum Gasteiger partial charge on any atom is -0.321 e. The summed E-state index contributed by atoms with van der Waals surface area (Å²) in [4.78, 5) is 2.32. The lowest BCUT2D eigenvalue weighted by molar-refractivity contribution is 0.191. The molecular formula is C13H19ClN2. The monoisotopic (exact) mass is 238 g/mol. The number of hydrogen-bond donors (Lipinski definition) is 1. The van der Waals surface area contributed by atoms with E-state index < -0.39 is 0 Å². The van der Waals surface area contributed by atoms with E-state index in [0.29, 0.717) is 0 Å². The summed E-state index contributed by atoms with van der Waals surface area (Å²) in [5.74, 6) is 0. The highest BCUT2D eigenvalue weighted by Gasteiger charge is 2.32. The van der Waals surface area contributed by atoms with Gasteiger partial charge in [-0.25, -0.2) is 0 Å². The fourth-order valence-corrected chi connectivity index (χ4v) is 2.61. The Bertz CT molecular complexity index is 382. The average Bonchev–Trinajstić information content (AvgIpc) is 2.27. The van der Waals surface area contributed by atoms with E-state index in [2.05, 4.69) is 24.9 Å². The van der Waals surface area contributed by atoms with Crippen LogP contribution in [0.1, 0.15) is 24.0 Å².